The van der Waals surface area contributed by atoms with Gasteiger partial charge in [-0.2, -0.15) is 0 Å². The van der Waals surface area contributed by atoms with Crippen LogP contribution in [-0.4, -0.2) is 11.0 Å². The molecule has 2 N–H and O–H groups in total. The summed E-state index contributed by atoms with van der Waals surface area (Å²) in [6.45, 7) is 0.467. The molecule has 0 aliphatic rings. The van der Waals surface area contributed by atoms with Gasteiger partial charge in [-0.1, -0.05) is 11.6 Å². The third kappa shape index (κ3) is 3.72. The van der Waals surface area contributed by atoms with Gasteiger partial charge in [-0.25, -0.2) is 4.79 Å². The van der Waals surface area contributed by atoms with Crippen LogP contribution in [0.15, 0.2) is 36.7 Å². The fourth-order valence-corrected chi connectivity index (χ4v) is 2.25. The molecule has 88 valence electrons. The minimum atomic E-state index is -0.249. The maximum absolute atomic E-state index is 11.5. The van der Waals surface area contributed by atoms with Crippen molar-refractivity contribution < 1.29 is 4.79 Å². The van der Waals surface area contributed by atoms with Gasteiger partial charge in [0.2, 0.25) is 0 Å². The van der Waals surface area contributed by atoms with Crippen molar-refractivity contribution in [2.45, 2.75) is 6.54 Å². The summed E-state index contributed by atoms with van der Waals surface area (Å²) in [5.41, 5.74) is 0.710. The van der Waals surface area contributed by atoms with E-state index in [0.29, 0.717) is 12.2 Å². The monoisotopic (exact) mass is 267 g/mol. The zero-order valence-corrected chi connectivity index (χ0v) is 10.4. The first kappa shape index (κ1) is 11.9. The number of thiophene rings is 1. The van der Waals surface area contributed by atoms with Gasteiger partial charge >= 0.3 is 6.03 Å². The zero-order valence-electron chi connectivity index (χ0n) is 8.81. The lowest BCUT2D eigenvalue weighted by atomic mass is 10.4. The molecule has 0 aliphatic carbocycles. The second-order valence-electron chi connectivity index (χ2n) is 3.25. The molecule has 0 saturated heterocycles. The molecular formula is C11H10ClN3OS. The normalized spacial score (nSPS) is 9.94. The predicted octanol–water partition coefficient (Wildman–Crippen LogP) is 3.12. The highest BCUT2D eigenvalue weighted by molar-refractivity contribution is 7.16. The Labute approximate surface area is 108 Å². The van der Waals surface area contributed by atoms with E-state index >= 15 is 0 Å². The van der Waals surface area contributed by atoms with E-state index in [1.165, 1.54) is 11.3 Å². The Kier molecular flexibility index (Phi) is 3.95. The average molecular weight is 268 g/mol. The maximum atomic E-state index is 11.5. The Morgan fingerprint density at radius 1 is 1.29 bits per heavy atom. The summed E-state index contributed by atoms with van der Waals surface area (Å²) in [5, 5.41) is 5.44. The Morgan fingerprint density at radius 2 is 2.06 bits per heavy atom. The van der Waals surface area contributed by atoms with Crippen molar-refractivity contribution in [2.24, 2.45) is 0 Å². The molecule has 0 spiro atoms. The van der Waals surface area contributed by atoms with Crippen molar-refractivity contribution >= 4 is 34.7 Å². The second kappa shape index (κ2) is 5.65. The lowest BCUT2D eigenvalue weighted by molar-refractivity contribution is 0.252. The lowest BCUT2D eigenvalue weighted by Crippen LogP contribution is -2.27. The molecule has 2 aromatic heterocycles. The number of halogens is 1. The Morgan fingerprint density at radius 3 is 2.71 bits per heavy atom. The van der Waals surface area contributed by atoms with Gasteiger partial charge in [0, 0.05) is 23.0 Å². The van der Waals surface area contributed by atoms with Crippen molar-refractivity contribution in [3.05, 3.63) is 45.9 Å². The number of pyridine rings is 1. The topological polar surface area (TPSA) is 54.0 Å². The van der Waals surface area contributed by atoms with E-state index in [2.05, 4.69) is 15.6 Å². The molecule has 6 heteroatoms. The third-order valence-corrected chi connectivity index (χ3v) is 3.22. The molecule has 0 atom stereocenters. The van der Waals surface area contributed by atoms with Gasteiger partial charge in [-0.15, -0.1) is 11.3 Å². The molecule has 0 radical (unpaired) electrons. The molecule has 0 fully saturated rings. The Hall–Kier alpha value is -1.59. The van der Waals surface area contributed by atoms with E-state index in [9.17, 15) is 4.79 Å². The molecule has 0 bridgehead atoms. The van der Waals surface area contributed by atoms with Crippen molar-refractivity contribution in [2.75, 3.05) is 5.32 Å². The van der Waals surface area contributed by atoms with Crippen LogP contribution in [0, 0.1) is 0 Å². The molecule has 2 heterocycles. The molecule has 0 unspecified atom stereocenters. The molecule has 0 saturated carbocycles. The standard InChI is InChI=1S/C11H10ClN3OS/c12-10-2-1-9(17-10)7-14-11(16)15-8-3-5-13-6-4-8/h1-6H,7H2,(H2,13,14,15,16). The van der Waals surface area contributed by atoms with E-state index in [4.69, 9.17) is 11.6 Å². The van der Waals surface area contributed by atoms with E-state index in [1.807, 2.05) is 12.1 Å². The van der Waals surface area contributed by atoms with Crippen LogP contribution in [0.4, 0.5) is 10.5 Å². The predicted molar refractivity (Wildman–Crippen MR) is 69.4 cm³/mol. The maximum Gasteiger partial charge on any atom is 0.319 e. The number of anilines is 1. The van der Waals surface area contributed by atoms with Crippen molar-refractivity contribution in [1.29, 1.82) is 0 Å². The quantitative estimate of drug-likeness (QED) is 0.898. The SMILES string of the molecule is O=C(NCc1ccc(Cl)s1)Nc1ccncc1. The first-order chi connectivity index (χ1) is 8.24. The Balaban J connectivity index is 1.82. The minimum absolute atomic E-state index is 0.249. The summed E-state index contributed by atoms with van der Waals surface area (Å²) in [4.78, 5) is 16.4. The number of carbonyl (C=O) groups is 1. The van der Waals surface area contributed by atoms with Crippen molar-refractivity contribution in [1.82, 2.24) is 10.3 Å². The highest BCUT2D eigenvalue weighted by Crippen LogP contribution is 2.20. The van der Waals surface area contributed by atoms with Crippen LogP contribution in [0.1, 0.15) is 4.88 Å². The van der Waals surface area contributed by atoms with Gasteiger partial charge in [-0.3, -0.25) is 4.98 Å². The van der Waals surface area contributed by atoms with Gasteiger partial charge in [-0.05, 0) is 24.3 Å². The number of urea groups is 1. The minimum Gasteiger partial charge on any atom is -0.333 e. The first-order valence-electron chi connectivity index (χ1n) is 4.93. The highest BCUT2D eigenvalue weighted by atomic mass is 35.5. The molecular weight excluding hydrogens is 258 g/mol. The van der Waals surface area contributed by atoms with Crippen LogP contribution in [-0.2, 0) is 6.54 Å². The van der Waals surface area contributed by atoms with E-state index in [0.717, 1.165) is 9.21 Å². The Bertz CT molecular complexity index is 500. The summed E-state index contributed by atoms with van der Waals surface area (Å²) < 4.78 is 0.719. The summed E-state index contributed by atoms with van der Waals surface area (Å²) in [6, 6.07) is 6.90. The zero-order chi connectivity index (χ0) is 12.1. The smallest absolute Gasteiger partial charge is 0.319 e. The number of carbonyl (C=O) groups excluding carboxylic acids is 1. The fraction of sp³-hybridized carbons (Fsp3) is 0.0909. The van der Waals surface area contributed by atoms with Crippen molar-refractivity contribution in [3.8, 4) is 0 Å². The number of hydrogen-bond acceptors (Lipinski definition) is 3. The molecule has 2 amide bonds. The summed E-state index contributed by atoms with van der Waals surface area (Å²) in [6.07, 6.45) is 3.24. The second-order valence-corrected chi connectivity index (χ2v) is 5.05. The summed E-state index contributed by atoms with van der Waals surface area (Å²) in [5.74, 6) is 0. The lowest BCUT2D eigenvalue weighted by Gasteiger charge is -2.05. The van der Waals surface area contributed by atoms with Gasteiger partial charge in [0.05, 0.1) is 10.9 Å². The van der Waals surface area contributed by atoms with Crippen LogP contribution in [0.3, 0.4) is 0 Å². The summed E-state index contributed by atoms with van der Waals surface area (Å²) >= 11 is 7.24. The molecule has 0 aliphatic heterocycles. The van der Waals surface area contributed by atoms with Crippen LogP contribution < -0.4 is 10.6 Å². The average Bonchev–Trinajstić information content (AvgIpc) is 2.74. The fourth-order valence-electron chi connectivity index (χ4n) is 1.22. The molecule has 17 heavy (non-hydrogen) atoms. The number of aromatic nitrogens is 1. The highest BCUT2D eigenvalue weighted by Gasteiger charge is 2.02. The first-order valence-corrected chi connectivity index (χ1v) is 6.12. The molecule has 2 rings (SSSR count). The van der Waals surface area contributed by atoms with Gasteiger partial charge in [0.1, 0.15) is 0 Å². The van der Waals surface area contributed by atoms with E-state index in [1.54, 1.807) is 24.5 Å². The molecule has 2 aromatic rings. The van der Waals surface area contributed by atoms with Crippen LogP contribution in [0.5, 0.6) is 0 Å². The molecule has 4 nitrogen and oxygen atoms in total. The van der Waals surface area contributed by atoms with Crippen LogP contribution >= 0.6 is 22.9 Å². The number of nitrogens with one attached hydrogen (secondary N) is 2. The van der Waals surface area contributed by atoms with E-state index < -0.39 is 0 Å². The third-order valence-electron chi connectivity index (χ3n) is 1.99. The number of amides is 2. The van der Waals surface area contributed by atoms with Gasteiger partial charge in [0.15, 0.2) is 0 Å². The largest absolute Gasteiger partial charge is 0.333 e. The van der Waals surface area contributed by atoms with Crippen molar-refractivity contribution in [3.63, 3.8) is 0 Å². The number of nitrogens with zero attached hydrogens (tertiary/aromatic N) is 1. The van der Waals surface area contributed by atoms with Crippen LogP contribution in [0.2, 0.25) is 4.34 Å². The van der Waals surface area contributed by atoms with Gasteiger partial charge in [0.25, 0.3) is 0 Å². The van der Waals surface area contributed by atoms with Crippen LogP contribution in [0.25, 0.3) is 0 Å². The van der Waals surface area contributed by atoms with E-state index in [-0.39, 0.29) is 6.03 Å². The van der Waals surface area contributed by atoms with Gasteiger partial charge < -0.3 is 10.6 Å². The number of rotatable bonds is 3. The number of hydrogen-bond donors (Lipinski definition) is 2. The molecule has 0 aromatic carbocycles. The summed E-state index contributed by atoms with van der Waals surface area (Å²) in [7, 11) is 0.